The minimum atomic E-state index is -1.40. The molecule has 18 heavy (non-hydrogen) atoms. The first-order valence-electron chi connectivity index (χ1n) is 6.82. The van der Waals surface area contributed by atoms with E-state index in [4.69, 9.17) is 17.7 Å². The van der Waals surface area contributed by atoms with Crippen LogP contribution in [0.2, 0.25) is 32.2 Å². The van der Waals surface area contributed by atoms with Crippen LogP contribution < -0.4 is 0 Å². The molecule has 0 amide bonds. The molecule has 0 aromatic heterocycles. The summed E-state index contributed by atoms with van der Waals surface area (Å²) in [7, 11) is -3.26. The zero-order valence-electron chi connectivity index (χ0n) is 12.2. The van der Waals surface area contributed by atoms with Crippen molar-refractivity contribution in [2.45, 2.75) is 44.1 Å². The van der Waals surface area contributed by atoms with Crippen molar-refractivity contribution in [1.29, 1.82) is 0 Å². The lowest BCUT2D eigenvalue weighted by molar-refractivity contribution is 0.0365. The third kappa shape index (κ3) is 7.30. The van der Waals surface area contributed by atoms with E-state index in [0.717, 1.165) is 6.04 Å². The van der Waals surface area contributed by atoms with E-state index < -0.39 is 47.8 Å². The van der Waals surface area contributed by atoms with Gasteiger partial charge in [-0.05, 0) is 6.04 Å². The van der Waals surface area contributed by atoms with Crippen molar-refractivity contribution in [3.8, 4) is 0 Å². The van der Waals surface area contributed by atoms with Crippen LogP contribution in [0, 0.1) is 0 Å². The summed E-state index contributed by atoms with van der Waals surface area (Å²) in [5.41, 5.74) is 0. The first-order chi connectivity index (χ1) is 8.74. The van der Waals surface area contributed by atoms with Gasteiger partial charge in [-0.3, -0.25) is 0 Å². The van der Waals surface area contributed by atoms with E-state index in [1.165, 1.54) is 0 Å². The van der Waals surface area contributed by atoms with Crippen LogP contribution in [0.4, 0.5) is 0 Å². The maximum Gasteiger partial charge on any atom is 0.170 e. The van der Waals surface area contributed by atoms with Crippen LogP contribution in [0.3, 0.4) is 0 Å². The highest BCUT2D eigenvalue weighted by atomic mass is 28.3. The maximum absolute atomic E-state index is 5.91. The van der Waals surface area contributed by atoms with E-state index in [1.807, 2.05) is 6.08 Å². The van der Waals surface area contributed by atoms with Gasteiger partial charge in [0.15, 0.2) is 47.8 Å². The van der Waals surface area contributed by atoms with Gasteiger partial charge in [-0.1, -0.05) is 32.3 Å². The minimum absolute atomic E-state index is 0.0116. The fourth-order valence-corrected chi connectivity index (χ4v) is 11.2. The minimum Gasteiger partial charge on any atom is -0.404 e. The number of rotatable bonds is 12. The average Bonchev–Trinajstić information content (AvgIpc) is 2.36. The van der Waals surface area contributed by atoms with Crippen LogP contribution in [-0.4, -0.2) is 59.7 Å². The van der Waals surface area contributed by atoms with Crippen LogP contribution >= 0.6 is 0 Å². The van der Waals surface area contributed by atoms with Crippen LogP contribution in [-0.2, 0) is 17.7 Å². The van der Waals surface area contributed by atoms with Gasteiger partial charge < -0.3 is 17.7 Å². The summed E-state index contributed by atoms with van der Waals surface area (Å²) in [6.07, 6.45) is 1.97. The lowest BCUT2D eigenvalue weighted by Crippen LogP contribution is -2.49. The normalized spacial score (nSPS) is 18.9. The first-order valence-corrected chi connectivity index (χ1v) is 16.9. The third-order valence-electron chi connectivity index (χ3n) is 2.46. The summed E-state index contributed by atoms with van der Waals surface area (Å²) in [6, 6.07) is 0.959. The first kappa shape index (κ1) is 18.7. The average molecular weight is 341 g/mol. The second kappa shape index (κ2) is 12.7. The van der Waals surface area contributed by atoms with E-state index in [1.54, 1.807) is 0 Å². The molecule has 0 saturated heterocycles. The molecule has 0 aromatic rings. The van der Waals surface area contributed by atoms with Gasteiger partial charge in [0.05, 0.1) is 0 Å². The maximum atomic E-state index is 5.91. The fraction of sp³-hybridized carbons (Fsp3) is 0.778. The molecule has 0 bridgehead atoms. The summed E-state index contributed by atoms with van der Waals surface area (Å²) in [4.78, 5) is 0. The Balaban J connectivity index is 4.75. The van der Waals surface area contributed by atoms with E-state index in [0.29, 0.717) is 0 Å². The second-order valence-electron chi connectivity index (χ2n) is 3.75. The topological polar surface area (TPSA) is 36.9 Å². The number of hydrogen-bond acceptors (Lipinski definition) is 4. The van der Waals surface area contributed by atoms with Gasteiger partial charge in [0.1, 0.15) is 11.8 Å². The SMILES string of the molecule is C=CC[SiH](C(O[SiH2]C)O[SiH2]C)C(O[SiH2]C)O[SiH2]C. The van der Waals surface area contributed by atoms with E-state index >= 15 is 0 Å². The highest BCUT2D eigenvalue weighted by Crippen LogP contribution is 2.13. The molecule has 0 aliphatic heterocycles. The lowest BCUT2D eigenvalue weighted by Gasteiger charge is -2.32. The summed E-state index contributed by atoms with van der Waals surface area (Å²) in [5, 5.41) is 0. The Labute approximate surface area is 122 Å². The molecule has 9 heteroatoms. The fourth-order valence-electron chi connectivity index (χ4n) is 1.79. The molecular weight excluding hydrogens is 313 g/mol. The van der Waals surface area contributed by atoms with Gasteiger partial charge in [-0.25, -0.2) is 0 Å². The van der Waals surface area contributed by atoms with E-state index in [2.05, 4.69) is 32.8 Å². The molecule has 108 valence electrons. The molecule has 0 heterocycles. The zero-order valence-corrected chi connectivity index (χ0v) is 19.0. The van der Waals surface area contributed by atoms with Crippen molar-refractivity contribution in [2.24, 2.45) is 0 Å². The summed E-state index contributed by atoms with van der Waals surface area (Å²) in [6.45, 7) is 12.4. The van der Waals surface area contributed by atoms with Crippen molar-refractivity contribution in [2.75, 3.05) is 0 Å². The van der Waals surface area contributed by atoms with Gasteiger partial charge >= 0.3 is 0 Å². The molecular formula is C9H28O4Si5. The summed E-state index contributed by atoms with van der Waals surface area (Å²) < 4.78 is 23.6. The molecule has 0 unspecified atom stereocenters. The van der Waals surface area contributed by atoms with Crippen molar-refractivity contribution in [3.63, 3.8) is 0 Å². The van der Waals surface area contributed by atoms with Gasteiger partial charge in [0.25, 0.3) is 0 Å². The molecule has 0 spiro atoms. The zero-order chi connectivity index (χ0) is 13.8. The predicted molar refractivity (Wildman–Crippen MR) is 91.7 cm³/mol. The Bertz CT molecular complexity index is 181. The Morgan fingerprint density at radius 1 is 0.889 bits per heavy atom. The van der Waals surface area contributed by atoms with Gasteiger partial charge in [0, 0.05) is 0 Å². The molecule has 0 radical (unpaired) electrons. The van der Waals surface area contributed by atoms with Crippen molar-refractivity contribution >= 4 is 47.8 Å². The lowest BCUT2D eigenvalue weighted by atomic mass is 10.8. The monoisotopic (exact) mass is 340 g/mol. The van der Waals surface area contributed by atoms with Crippen LogP contribution in [0.5, 0.6) is 0 Å². The van der Waals surface area contributed by atoms with E-state index in [9.17, 15) is 0 Å². The molecule has 0 atom stereocenters. The second-order valence-corrected chi connectivity index (χ2v) is 10.3. The van der Waals surface area contributed by atoms with Crippen LogP contribution in [0.25, 0.3) is 0 Å². The smallest absolute Gasteiger partial charge is 0.170 e. The molecule has 4 nitrogen and oxygen atoms in total. The Morgan fingerprint density at radius 2 is 1.22 bits per heavy atom. The standard InChI is InChI=1S/C9H28O4Si5/c1-6-7-18(8(10-14-2)11-15-3)9(12-16-4)13-17-5/h6,8-9,18H,1,7,14-17H2,2-5H3. The van der Waals surface area contributed by atoms with Gasteiger partial charge in [0.2, 0.25) is 0 Å². The van der Waals surface area contributed by atoms with Crippen LogP contribution in [0.15, 0.2) is 12.7 Å². The number of allylic oxidation sites excluding steroid dienone is 1. The van der Waals surface area contributed by atoms with Crippen LogP contribution in [0.1, 0.15) is 0 Å². The quantitative estimate of drug-likeness (QED) is 0.252. The molecule has 0 fully saturated rings. The predicted octanol–water partition coefficient (Wildman–Crippen LogP) is -1.28. The summed E-state index contributed by atoms with van der Waals surface area (Å²) in [5.74, 6) is -0.0233. The molecule has 0 aliphatic carbocycles. The van der Waals surface area contributed by atoms with Crippen molar-refractivity contribution < 1.29 is 17.7 Å². The highest BCUT2D eigenvalue weighted by Gasteiger charge is 2.31. The molecule has 0 aliphatic rings. The van der Waals surface area contributed by atoms with Gasteiger partial charge in [-0.15, -0.1) is 6.58 Å². The molecule has 0 saturated carbocycles. The third-order valence-corrected chi connectivity index (χ3v) is 9.69. The molecule has 0 N–H and O–H groups in total. The van der Waals surface area contributed by atoms with E-state index in [-0.39, 0.29) is 11.8 Å². The molecule has 0 aromatic carbocycles. The largest absolute Gasteiger partial charge is 0.404 e. The highest BCUT2D eigenvalue weighted by molar-refractivity contribution is 6.63. The Kier molecular flexibility index (Phi) is 13.2. The summed E-state index contributed by atoms with van der Waals surface area (Å²) >= 11 is 0. The van der Waals surface area contributed by atoms with Gasteiger partial charge in [-0.2, -0.15) is 0 Å². The Morgan fingerprint density at radius 3 is 1.44 bits per heavy atom. The van der Waals surface area contributed by atoms with Crippen molar-refractivity contribution in [1.82, 2.24) is 0 Å². The Hall–Kier alpha value is 0.664. The molecule has 0 rings (SSSR count). The van der Waals surface area contributed by atoms with Crippen molar-refractivity contribution in [3.05, 3.63) is 12.7 Å². The number of hydrogen-bond donors (Lipinski definition) is 0.